The molecule has 138 valence electrons. The summed E-state index contributed by atoms with van der Waals surface area (Å²) in [6.07, 6.45) is 1.72. The van der Waals surface area contributed by atoms with Crippen LogP contribution in [0.15, 0.2) is 71.1 Å². The maximum atomic E-state index is 13.3. The van der Waals surface area contributed by atoms with Crippen LogP contribution in [0.1, 0.15) is 27.4 Å². The average Bonchev–Trinajstić information content (AvgIpc) is 3.12. The molecule has 28 heavy (non-hydrogen) atoms. The van der Waals surface area contributed by atoms with E-state index in [0.29, 0.717) is 32.3 Å². The second-order valence-electron chi connectivity index (χ2n) is 6.41. The Labute approximate surface area is 172 Å². The number of hydrogen-bond donors (Lipinski definition) is 0. The molecule has 0 fully saturated rings. The number of carbonyl (C=O) groups is 1. The summed E-state index contributed by atoms with van der Waals surface area (Å²) < 4.78 is 5.86. The highest BCUT2D eigenvalue weighted by atomic mass is 35.5. The fourth-order valence-corrected chi connectivity index (χ4v) is 3.15. The molecular formula is C23H15Cl2NO2. The van der Waals surface area contributed by atoms with E-state index in [1.54, 1.807) is 36.4 Å². The van der Waals surface area contributed by atoms with Crippen LogP contribution in [0.5, 0.6) is 0 Å². The number of carbonyl (C=O) groups excluding carboxylic acids is 1. The third-order valence-corrected chi connectivity index (χ3v) is 5.08. The molecule has 0 amide bonds. The molecule has 0 aliphatic rings. The highest BCUT2D eigenvalue weighted by Gasteiger charge is 2.20. The minimum Gasteiger partial charge on any atom is -0.436 e. The van der Waals surface area contributed by atoms with Crippen LogP contribution in [0.25, 0.3) is 22.7 Å². The Morgan fingerprint density at radius 3 is 2.43 bits per heavy atom. The Balaban J connectivity index is 1.86. The number of halogens is 2. The lowest BCUT2D eigenvalue weighted by atomic mass is 10.00. The SMILES string of the molecule is Cc1ccc(C(=O)/C(=C\c2ccc(Cl)c(Cl)c2)c2nc3ccccc3o2)cc1. The molecular weight excluding hydrogens is 393 g/mol. The number of aromatic nitrogens is 1. The van der Waals surface area contributed by atoms with Crippen LogP contribution < -0.4 is 0 Å². The molecule has 1 aromatic heterocycles. The number of allylic oxidation sites excluding steroid dienone is 1. The van der Waals surface area contributed by atoms with Crippen molar-refractivity contribution < 1.29 is 9.21 Å². The summed E-state index contributed by atoms with van der Waals surface area (Å²) in [5.41, 5.74) is 4.02. The van der Waals surface area contributed by atoms with Crippen LogP contribution in [-0.2, 0) is 0 Å². The van der Waals surface area contributed by atoms with Gasteiger partial charge < -0.3 is 4.42 Å². The molecule has 0 bridgehead atoms. The van der Waals surface area contributed by atoms with Crippen LogP contribution in [0, 0.1) is 6.92 Å². The fraction of sp³-hybridized carbons (Fsp3) is 0.0435. The number of hydrogen-bond acceptors (Lipinski definition) is 3. The number of fused-ring (bicyclic) bond motifs is 1. The van der Waals surface area contributed by atoms with Gasteiger partial charge in [0.25, 0.3) is 0 Å². The largest absolute Gasteiger partial charge is 0.436 e. The molecule has 4 rings (SSSR count). The number of Topliss-reactive ketones (excluding diaryl/α,β-unsaturated/α-hetero) is 1. The molecule has 0 N–H and O–H groups in total. The van der Waals surface area contributed by atoms with E-state index in [1.807, 2.05) is 43.3 Å². The van der Waals surface area contributed by atoms with Crippen LogP contribution in [-0.4, -0.2) is 10.8 Å². The number of nitrogens with zero attached hydrogens (tertiary/aromatic N) is 1. The first-order valence-corrected chi connectivity index (χ1v) is 9.41. The monoisotopic (exact) mass is 407 g/mol. The molecule has 4 aromatic rings. The van der Waals surface area contributed by atoms with Crippen molar-refractivity contribution in [1.82, 2.24) is 4.98 Å². The molecule has 0 unspecified atom stereocenters. The van der Waals surface area contributed by atoms with Crippen molar-refractivity contribution in [3.8, 4) is 0 Å². The zero-order valence-electron chi connectivity index (χ0n) is 14.9. The fourth-order valence-electron chi connectivity index (χ4n) is 2.84. The summed E-state index contributed by atoms with van der Waals surface area (Å²) in [5, 5.41) is 0.863. The zero-order valence-corrected chi connectivity index (χ0v) is 16.5. The molecule has 5 heteroatoms. The van der Waals surface area contributed by atoms with E-state index in [-0.39, 0.29) is 11.7 Å². The lowest BCUT2D eigenvalue weighted by molar-refractivity contribution is 0.105. The third-order valence-electron chi connectivity index (χ3n) is 4.34. The van der Waals surface area contributed by atoms with Crippen molar-refractivity contribution in [2.24, 2.45) is 0 Å². The van der Waals surface area contributed by atoms with Gasteiger partial charge in [0.05, 0.1) is 15.6 Å². The van der Waals surface area contributed by atoms with E-state index in [2.05, 4.69) is 4.98 Å². The number of oxazole rings is 1. The highest BCUT2D eigenvalue weighted by molar-refractivity contribution is 6.42. The topological polar surface area (TPSA) is 43.1 Å². The van der Waals surface area contributed by atoms with Gasteiger partial charge >= 0.3 is 0 Å². The van der Waals surface area contributed by atoms with E-state index in [1.165, 1.54) is 0 Å². The Morgan fingerprint density at radius 1 is 0.964 bits per heavy atom. The summed E-state index contributed by atoms with van der Waals surface area (Å²) in [4.78, 5) is 17.8. The van der Waals surface area contributed by atoms with E-state index in [0.717, 1.165) is 11.1 Å². The first kappa shape index (κ1) is 18.5. The summed E-state index contributed by atoms with van der Waals surface area (Å²) >= 11 is 12.1. The van der Waals surface area contributed by atoms with Crippen molar-refractivity contribution in [1.29, 1.82) is 0 Å². The summed E-state index contributed by atoms with van der Waals surface area (Å²) in [6, 6.07) is 20.0. The second-order valence-corrected chi connectivity index (χ2v) is 7.23. The lowest BCUT2D eigenvalue weighted by Gasteiger charge is -2.05. The van der Waals surface area contributed by atoms with Crippen LogP contribution in [0.4, 0.5) is 0 Å². The smallest absolute Gasteiger partial charge is 0.231 e. The van der Waals surface area contributed by atoms with E-state index >= 15 is 0 Å². The lowest BCUT2D eigenvalue weighted by Crippen LogP contribution is -2.03. The second kappa shape index (κ2) is 7.63. The Morgan fingerprint density at radius 2 is 1.71 bits per heavy atom. The van der Waals surface area contributed by atoms with E-state index < -0.39 is 0 Å². The van der Waals surface area contributed by atoms with Gasteiger partial charge in [-0.25, -0.2) is 4.98 Å². The van der Waals surface area contributed by atoms with Crippen LogP contribution >= 0.6 is 23.2 Å². The van der Waals surface area contributed by atoms with Gasteiger partial charge in [0.15, 0.2) is 11.4 Å². The molecule has 0 radical (unpaired) electrons. The van der Waals surface area contributed by atoms with E-state index in [4.69, 9.17) is 27.6 Å². The summed E-state index contributed by atoms with van der Waals surface area (Å²) in [5.74, 6) is 0.0791. The van der Waals surface area contributed by atoms with E-state index in [9.17, 15) is 4.79 Å². The molecule has 0 aliphatic heterocycles. The molecule has 0 aliphatic carbocycles. The summed E-state index contributed by atoms with van der Waals surface area (Å²) in [7, 11) is 0. The number of para-hydroxylation sites is 2. The van der Waals surface area contributed by atoms with Gasteiger partial charge in [-0.05, 0) is 42.8 Å². The van der Waals surface area contributed by atoms with Gasteiger partial charge in [0.1, 0.15) is 5.52 Å². The molecule has 0 atom stereocenters. The summed E-state index contributed by atoms with van der Waals surface area (Å²) in [6.45, 7) is 1.97. The Bertz CT molecular complexity index is 1170. The van der Waals surface area contributed by atoms with Crippen molar-refractivity contribution in [2.45, 2.75) is 6.92 Å². The van der Waals surface area contributed by atoms with Gasteiger partial charge in [-0.1, -0.05) is 71.2 Å². The number of benzene rings is 3. The first-order chi connectivity index (χ1) is 13.5. The Kier molecular flexibility index (Phi) is 5.03. The number of ketones is 1. The minimum atomic E-state index is -0.183. The molecule has 3 nitrogen and oxygen atoms in total. The standard InChI is InChI=1S/C23H15Cl2NO2/c1-14-6-9-16(10-7-14)22(27)17(12-15-8-11-18(24)19(25)13-15)23-26-20-4-2-3-5-21(20)28-23/h2-13H,1H3/b17-12+. The predicted molar refractivity (Wildman–Crippen MR) is 114 cm³/mol. The first-order valence-electron chi connectivity index (χ1n) is 8.65. The van der Waals surface area contributed by atoms with Crippen molar-refractivity contribution in [3.05, 3.63) is 99.4 Å². The molecule has 3 aromatic carbocycles. The normalized spacial score (nSPS) is 11.8. The van der Waals surface area contributed by atoms with Crippen molar-refractivity contribution >= 4 is 51.7 Å². The zero-order chi connectivity index (χ0) is 19.7. The van der Waals surface area contributed by atoms with Gasteiger partial charge in [-0.3, -0.25) is 4.79 Å². The van der Waals surface area contributed by atoms with Gasteiger partial charge in [-0.2, -0.15) is 0 Å². The average molecular weight is 408 g/mol. The quantitative estimate of drug-likeness (QED) is 0.273. The third kappa shape index (κ3) is 3.72. The molecule has 0 saturated carbocycles. The van der Waals surface area contributed by atoms with Gasteiger partial charge in [0.2, 0.25) is 5.89 Å². The molecule has 0 saturated heterocycles. The highest BCUT2D eigenvalue weighted by Crippen LogP contribution is 2.29. The van der Waals surface area contributed by atoms with Crippen LogP contribution in [0.2, 0.25) is 10.0 Å². The van der Waals surface area contributed by atoms with Crippen LogP contribution in [0.3, 0.4) is 0 Å². The molecule has 0 spiro atoms. The maximum absolute atomic E-state index is 13.3. The predicted octanol–water partition coefficient (Wildman–Crippen LogP) is 6.87. The van der Waals surface area contributed by atoms with Gasteiger partial charge in [0, 0.05) is 5.56 Å². The number of rotatable bonds is 4. The van der Waals surface area contributed by atoms with Crippen molar-refractivity contribution in [2.75, 3.05) is 0 Å². The maximum Gasteiger partial charge on any atom is 0.231 e. The number of aryl methyl sites for hydroxylation is 1. The molecule has 1 heterocycles. The van der Waals surface area contributed by atoms with Crippen molar-refractivity contribution in [3.63, 3.8) is 0 Å². The minimum absolute atomic E-state index is 0.183. The Hall–Kier alpha value is -2.88. The van der Waals surface area contributed by atoms with Gasteiger partial charge in [-0.15, -0.1) is 0 Å².